The summed E-state index contributed by atoms with van der Waals surface area (Å²) in [6.07, 6.45) is 0.356. The van der Waals surface area contributed by atoms with Gasteiger partial charge in [0.1, 0.15) is 0 Å². The molecule has 0 spiro atoms. The molecule has 0 saturated carbocycles. The van der Waals surface area contributed by atoms with Gasteiger partial charge in [-0.15, -0.1) is 11.3 Å². The monoisotopic (exact) mass is 423 g/mol. The van der Waals surface area contributed by atoms with Gasteiger partial charge >= 0.3 is 5.97 Å². The van der Waals surface area contributed by atoms with Crippen LogP contribution in [0.15, 0.2) is 47.8 Å². The van der Waals surface area contributed by atoms with Crippen LogP contribution >= 0.6 is 11.3 Å². The van der Waals surface area contributed by atoms with Gasteiger partial charge in [-0.3, -0.25) is 19.3 Å². The Kier molecular flexibility index (Phi) is 5.76. The predicted octanol–water partition coefficient (Wildman–Crippen LogP) is 3.54. The standard InChI is InChI=1S/C22H21N3O4S/c1-14(21(28)23-17-9-8-15-5-2-3-6-16(15)11-17)29-20(27)12-18-13-30-22(24-18)25-10-4-7-19(25)26/h2-3,5-6,8-9,11,13-14H,4,7,10,12H2,1H3,(H,23,28). The van der Waals surface area contributed by atoms with Crippen molar-refractivity contribution in [2.24, 2.45) is 0 Å². The molecule has 1 aromatic heterocycles. The first-order chi connectivity index (χ1) is 14.5. The van der Waals surface area contributed by atoms with Crippen LogP contribution in [0.25, 0.3) is 10.8 Å². The molecule has 1 fully saturated rings. The number of ether oxygens (including phenoxy) is 1. The predicted molar refractivity (Wildman–Crippen MR) is 116 cm³/mol. The number of rotatable bonds is 6. The molecule has 1 N–H and O–H groups in total. The van der Waals surface area contributed by atoms with Crippen LogP contribution in [-0.2, 0) is 25.5 Å². The van der Waals surface area contributed by atoms with Crippen molar-refractivity contribution in [3.05, 3.63) is 53.5 Å². The molecular weight excluding hydrogens is 402 g/mol. The Morgan fingerprint density at radius 1 is 1.23 bits per heavy atom. The first-order valence-corrected chi connectivity index (χ1v) is 10.6. The van der Waals surface area contributed by atoms with Crippen molar-refractivity contribution in [3.8, 4) is 0 Å². The second kappa shape index (κ2) is 8.62. The maximum atomic E-state index is 12.4. The second-order valence-corrected chi connectivity index (χ2v) is 7.97. The van der Waals surface area contributed by atoms with Crippen molar-refractivity contribution in [3.63, 3.8) is 0 Å². The van der Waals surface area contributed by atoms with Crippen molar-refractivity contribution in [2.75, 3.05) is 16.8 Å². The molecule has 154 valence electrons. The lowest BCUT2D eigenvalue weighted by Crippen LogP contribution is -2.30. The minimum Gasteiger partial charge on any atom is -0.452 e. The van der Waals surface area contributed by atoms with Crippen molar-refractivity contribution in [2.45, 2.75) is 32.3 Å². The van der Waals surface area contributed by atoms with E-state index in [1.54, 1.807) is 10.3 Å². The summed E-state index contributed by atoms with van der Waals surface area (Å²) in [7, 11) is 0. The average molecular weight is 423 g/mol. The molecule has 3 aromatic rings. The van der Waals surface area contributed by atoms with Crippen molar-refractivity contribution >= 4 is 50.7 Å². The summed E-state index contributed by atoms with van der Waals surface area (Å²) < 4.78 is 5.26. The second-order valence-electron chi connectivity index (χ2n) is 7.13. The first kappa shape index (κ1) is 20.0. The molecule has 4 rings (SSSR count). The van der Waals surface area contributed by atoms with E-state index in [1.165, 1.54) is 18.3 Å². The Labute approximate surface area is 177 Å². The number of carbonyl (C=O) groups excluding carboxylic acids is 3. The molecule has 8 heteroatoms. The van der Waals surface area contributed by atoms with Gasteiger partial charge in [-0.25, -0.2) is 4.98 Å². The quantitative estimate of drug-likeness (QED) is 0.613. The zero-order valence-corrected chi connectivity index (χ0v) is 17.3. The van der Waals surface area contributed by atoms with E-state index >= 15 is 0 Å². The third-order valence-electron chi connectivity index (χ3n) is 4.86. The lowest BCUT2D eigenvalue weighted by Gasteiger charge is -2.14. The Balaban J connectivity index is 1.32. The summed E-state index contributed by atoms with van der Waals surface area (Å²) in [5.74, 6) is -0.890. The molecule has 1 aliphatic rings. The lowest BCUT2D eigenvalue weighted by molar-refractivity contribution is -0.152. The van der Waals surface area contributed by atoms with E-state index in [9.17, 15) is 14.4 Å². The Bertz CT molecular complexity index is 1110. The van der Waals surface area contributed by atoms with E-state index in [1.807, 2.05) is 42.5 Å². The minimum absolute atomic E-state index is 0.0495. The lowest BCUT2D eigenvalue weighted by atomic mass is 10.1. The van der Waals surface area contributed by atoms with Gasteiger partial charge in [0.25, 0.3) is 5.91 Å². The first-order valence-electron chi connectivity index (χ1n) is 9.73. The Morgan fingerprint density at radius 2 is 2.03 bits per heavy atom. The van der Waals surface area contributed by atoms with E-state index in [-0.39, 0.29) is 12.3 Å². The van der Waals surface area contributed by atoms with Crippen molar-refractivity contribution in [1.82, 2.24) is 4.98 Å². The highest BCUT2D eigenvalue weighted by atomic mass is 32.1. The van der Waals surface area contributed by atoms with Gasteiger partial charge < -0.3 is 10.1 Å². The van der Waals surface area contributed by atoms with Crippen LogP contribution in [-0.4, -0.2) is 35.4 Å². The van der Waals surface area contributed by atoms with Gasteiger partial charge in [-0.05, 0) is 36.2 Å². The van der Waals surface area contributed by atoms with Gasteiger partial charge in [0.05, 0.1) is 12.1 Å². The van der Waals surface area contributed by atoms with E-state index < -0.39 is 18.0 Å². The highest BCUT2D eigenvalue weighted by Crippen LogP contribution is 2.25. The molecule has 30 heavy (non-hydrogen) atoms. The van der Waals surface area contributed by atoms with Crippen LogP contribution in [0.5, 0.6) is 0 Å². The highest BCUT2D eigenvalue weighted by Gasteiger charge is 2.25. The maximum absolute atomic E-state index is 12.4. The molecule has 0 aliphatic carbocycles. The number of carbonyl (C=O) groups is 3. The molecule has 2 amide bonds. The smallest absolute Gasteiger partial charge is 0.312 e. The molecule has 0 radical (unpaired) electrons. The summed E-state index contributed by atoms with van der Waals surface area (Å²) >= 11 is 1.33. The number of hydrogen-bond donors (Lipinski definition) is 1. The highest BCUT2D eigenvalue weighted by molar-refractivity contribution is 7.14. The number of nitrogens with zero attached hydrogens (tertiary/aromatic N) is 2. The van der Waals surface area contributed by atoms with Crippen LogP contribution in [0.1, 0.15) is 25.5 Å². The number of esters is 1. The van der Waals surface area contributed by atoms with Crippen LogP contribution in [0.3, 0.4) is 0 Å². The number of amides is 2. The summed E-state index contributed by atoms with van der Waals surface area (Å²) in [5, 5.41) is 7.20. The van der Waals surface area contributed by atoms with Crippen molar-refractivity contribution < 1.29 is 19.1 Å². The van der Waals surface area contributed by atoms with Crippen LogP contribution in [0.2, 0.25) is 0 Å². The van der Waals surface area contributed by atoms with E-state index in [0.29, 0.717) is 29.5 Å². The SMILES string of the molecule is CC(OC(=O)Cc1csc(N2CCCC2=O)n1)C(=O)Nc1ccc2ccccc2c1. The zero-order chi connectivity index (χ0) is 21.1. The molecule has 2 heterocycles. The largest absolute Gasteiger partial charge is 0.452 e. The number of anilines is 2. The number of hydrogen-bond acceptors (Lipinski definition) is 6. The van der Waals surface area contributed by atoms with Gasteiger partial charge in [-0.1, -0.05) is 30.3 Å². The van der Waals surface area contributed by atoms with E-state index in [0.717, 1.165) is 17.2 Å². The molecule has 2 aromatic carbocycles. The van der Waals surface area contributed by atoms with Crippen molar-refractivity contribution in [1.29, 1.82) is 0 Å². The Hall–Kier alpha value is -3.26. The number of nitrogens with one attached hydrogen (secondary N) is 1. The van der Waals surface area contributed by atoms with Gasteiger partial charge in [0, 0.05) is 24.0 Å². The summed E-state index contributed by atoms with van der Waals surface area (Å²) in [4.78, 5) is 42.4. The Morgan fingerprint density at radius 3 is 2.80 bits per heavy atom. The fraction of sp³-hybridized carbons (Fsp3) is 0.273. The third kappa shape index (κ3) is 4.49. The van der Waals surface area contributed by atoms with E-state index in [4.69, 9.17) is 4.74 Å². The van der Waals surface area contributed by atoms with Crippen LogP contribution in [0, 0.1) is 0 Å². The molecule has 0 bridgehead atoms. The topological polar surface area (TPSA) is 88.6 Å². The van der Waals surface area contributed by atoms with E-state index in [2.05, 4.69) is 10.3 Å². The number of aromatic nitrogens is 1. The molecule has 1 aliphatic heterocycles. The fourth-order valence-corrected chi connectivity index (χ4v) is 4.17. The molecular formula is C22H21N3O4S. The summed E-state index contributed by atoms with van der Waals surface area (Å²) in [5.41, 5.74) is 1.17. The minimum atomic E-state index is -0.942. The van der Waals surface area contributed by atoms with Crippen LogP contribution in [0.4, 0.5) is 10.8 Å². The zero-order valence-electron chi connectivity index (χ0n) is 16.5. The summed E-state index contributed by atoms with van der Waals surface area (Å²) in [6.45, 7) is 2.19. The number of benzene rings is 2. The number of fused-ring (bicyclic) bond motifs is 1. The average Bonchev–Trinajstić information content (AvgIpc) is 3.36. The van der Waals surface area contributed by atoms with Gasteiger partial charge in [0.2, 0.25) is 5.91 Å². The molecule has 1 atom stereocenters. The third-order valence-corrected chi connectivity index (χ3v) is 5.78. The maximum Gasteiger partial charge on any atom is 0.312 e. The van der Waals surface area contributed by atoms with Crippen LogP contribution < -0.4 is 10.2 Å². The summed E-state index contributed by atoms with van der Waals surface area (Å²) in [6, 6.07) is 13.5. The molecule has 7 nitrogen and oxygen atoms in total. The molecule has 1 saturated heterocycles. The molecule has 1 unspecified atom stereocenters. The van der Waals surface area contributed by atoms with Gasteiger partial charge in [-0.2, -0.15) is 0 Å². The van der Waals surface area contributed by atoms with Gasteiger partial charge in [0.15, 0.2) is 11.2 Å². The normalized spacial score (nSPS) is 14.7. The fourth-order valence-electron chi connectivity index (χ4n) is 3.30. The number of thiazole rings is 1.